The second kappa shape index (κ2) is 6.58. The molecule has 0 atom stereocenters. The molecule has 0 aliphatic heterocycles. The Morgan fingerprint density at radius 2 is 1.94 bits per heavy atom. The zero-order chi connectivity index (χ0) is 13.0. The molecule has 1 aromatic rings. The van der Waals surface area contributed by atoms with Gasteiger partial charge in [-0.05, 0) is 37.8 Å². The van der Waals surface area contributed by atoms with Crippen molar-refractivity contribution >= 4 is 11.6 Å². The van der Waals surface area contributed by atoms with Gasteiger partial charge in [-0.15, -0.1) is 11.6 Å². The molecule has 1 saturated carbocycles. The fourth-order valence-electron chi connectivity index (χ4n) is 2.96. The first-order valence-electron chi connectivity index (χ1n) is 7.07. The fourth-order valence-corrected chi connectivity index (χ4v) is 3.18. The van der Waals surface area contributed by atoms with Crippen molar-refractivity contribution in [2.45, 2.75) is 52.1 Å². The van der Waals surface area contributed by atoms with Crippen molar-refractivity contribution in [3.05, 3.63) is 34.9 Å². The van der Waals surface area contributed by atoms with Gasteiger partial charge in [0.15, 0.2) is 0 Å². The van der Waals surface area contributed by atoms with Crippen molar-refractivity contribution in [2.24, 2.45) is 0 Å². The Kier molecular flexibility index (Phi) is 5.08. The summed E-state index contributed by atoms with van der Waals surface area (Å²) >= 11 is 5.97. The van der Waals surface area contributed by atoms with Gasteiger partial charge in [0.1, 0.15) is 0 Å². The zero-order valence-electron chi connectivity index (χ0n) is 11.6. The highest BCUT2D eigenvalue weighted by atomic mass is 35.5. The van der Waals surface area contributed by atoms with Gasteiger partial charge in [0.25, 0.3) is 0 Å². The van der Waals surface area contributed by atoms with E-state index in [0.717, 1.165) is 25.0 Å². The molecule has 1 nitrogen and oxygen atoms in total. The van der Waals surface area contributed by atoms with Gasteiger partial charge in [-0.1, -0.05) is 36.6 Å². The van der Waals surface area contributed by atoms with Gasteiger partial charge in [-0.3, -0.25) is 4.90 Å². The molecule has 0 radical (unpaired) electrons. The number of benzene rings is 1. The van der Waals surface area contributed by atoms with E-state index in [2.05, 4.69) is 36.9 Å². The Morgan fingerprint density at radius 1 is 1.22 bits per heavy atom. The Labute approximate surface area is 116 Å². The molecule has 0 heterocycles. The van der Waals surface area contributed by atoms with E-state index in [1.165, 1.54) is 42.4 Å². The maximum atomic E-state index is 5.97. The van der Waals surface area contributed by atoms with Crippen LogP contribution < -0.4 is 0 Å². The normalized spacial score (nSPS) is 16.7. The maximum Gasteiger partial charge on any atom is 0.0351 e. The molecule has 0 bridgehead atoms. The van der Waals surface area contributed by atoms with Crippen LogP contribution in [0.1, 0.15) is 42.4 Å². The smallest absolute Gasteiger partial charge is 0.0351 e. The topological polar surface area (TPSA) is 3.24 Å². The lowest BCUT2D eigenvalue weighted by atomic mass is 10.0. The molecule has 0 unspecified atom stereocenters. The maximum absolute atomic E-state index is 5.97. The van der Waals surface area contributed by atoms with E-state index in [0.29, 0.717) is 0 Å². The molecule has 1 fully saturated rings. The van der Waals surface area contributed by atoms with E-state index in [1.807, 2.05) is 0 Å². The van der Waals surface area contributed by atoms with Crippen LogP contribution in [0.4, 0.5) is 0 Å². The van der Waals surface area contributed by atoms with Gasteiger partial charge >= 0.3 is 0 Å². The highest BCUT2D eigenvalue weighted by Gasteiger charge is 2.22. The number of hydrogen-bond acceptors (Lipinski definition) is 1. The van der Waals surface area contributed by atoms with Crippen LogP contribution >= 0.6 is 11.6 Å². The Bertz CT molecular complexity index is 383. The Hall–Kier alpha value is -0.530. The van der Waals surface area contributed by atoms with Crippen molar-refractivity contribution in [3.8, 4) is 0 Å². The minimum absolute atomic E-state index is 0.737. The number of rotatable bonds is 5. The van der Waals surface area contributed by atoms with E-state index in [-0.39, 0.29) is 0 Å². The first-order valence-corrected chi connectivity index (χ1v) is 7.60. The SMILES string of the molecule is Cc1ccc(C)c(CN(CCCl)C2CCCC2)c1. The fraction of sp³-hybridized carbons (Fsp3) is 0.625. The van der Waals surface area contributed by atoms with Crippen molar-refractivity contribution in [3.63, 3.8) is 0 Å². The number of halogens is 1. The molecular weight excluding hydrogens is 242 g/mol. The van der Waals surface area contributed by atoms with Crippen LogP contribution in [-0.4, -0.2) is 23.4 Å². The summed E-state index contributed by atoms with van der Waals surface area (Å²) in [6.45, 7) is 6.46. The van der Waals surface area contributed by atoms with E-state index in [1.54, 1.807) is 0 Å². The van der Waals surface area contributed by atoms with E-state index in [9.17, 15) is 0 Å². The molecule has 2 heteroatoms. The van der Waals surface area contributed by atoms with Gasteiger partial charge in [0.05, 0.1) is 0 Å². The Morgan fingerprint density at radius 3 is 2.61 bits per heavy atom. The van der Waals surface area contributed by atoms with Gasteiger partial charge < -0.3 is 0 Å². The Balaban J connectivity index is 2.09. The molecular formula is C16H24ClN. The zero-order valence-corrected chi connectivity index (χ0v) is 12.3. The lowest BCUT2D eigenvalue weighted by Crippen LogP contribution is -2.34. The molecule has 0 amide bonds. The van der Waals surface area contributed by atoms with Gasteiger partial charge in [-0.2, -0.15) is 0 Å². The summed E-state index contributed by atoms with van der Waals surface area (Å²) in [6.07, 6.45) is 5.47. The molecule has 1 aliphatic rings. The third-order valence-electron chi connectivity index (χ3n) is 4.09. The number of nitrogens with zero attached hydrogens (tertiary/aromatic N) is 1. The summed E-state index contributed by atoms with van der Waals surface area (Å²) in [7, 11) is 0. The molecule has 0 saturated heterocycles. The second-order valence-electron chi connectivity index (χ2n) is 5.53. The van der Waals surface area contributed by atoms with Crippen LogP contribution in [0.2, 0.25) is 0 Å². The summed E-state index contributed by atoms with van der Waals surface area (Å²) in [5.74, 6) is 0.737. The second-order valence-corrected chi connectivity index (χ2v) is 5.91. The predicted molar refractivity (Wildman–Crippen MR) is 79.3 cm³/mol. The van der Waals surface area contributed by atoms with Crippen LogP contribution in [0.15, 0.2) is 18.2 Å². The monoisotopic (exact) mass is 265 g/mol. The first-order chi connectivity index (χ1) is 8.70. The first kappa shape index (κ1) is 13.9. The van der Waals surface area contributed by atoms with Gasteiger partial charge in [-0.25, -0.2) is 0 Å². The molecule has 2 rings (SSSR count). The third-order valence-corrected chi connectivity index (χ3v) is 4.26. The predicted octanol–water partition coefficient (Wildman–Crippen LogP) is 4.29. The number of hydrogen-bond donors (Lipinski definition) is 0. The van der Waals surface area contributed by atoms with E-state index in [4.69, 9.17) is 11.6 Å². The largest absolute Gasteiger partial charge is 0.295 e. The van der Waals surface area contributed by atoms with Gasteiger partial charge in [0, 0.05) is 25.0 Å². The minimum Gasteiger partial charge on any atom is -0.295 e. The minimum atomic E-state index is 0.737. The summed E-state index contributed by atoms with van der Waals surface area (Å²) in [5, 5.41) is 0. The lowest BCUT2D eigenvalue weighted by molar-refractivity contribution is 0.201. The molecule has 1 aromatic carbocycles. The molecule has 0 aromatic heterocycles. The van der Waals surface area contributed by atoms with Crippen molar-refractivity contribution in [1.82, 2.24) is 4.90 Å². The third kappa shape index (κ3) is 3.49. The molecule has 1 aliphatic carbocycles. The quantitative estimate of drug-likeness (QED) is 0.718. The van der Waals surface area contributed by atoms with E-state index >= 15 is 0 Å². The van der Waals surface area contributed by atoms with Crippen molar-refractivity contribution in [2.75, 3.05) is 12.4 Å². The standard InChI is InChI=1S/C16H24ClN/c1-13-7-8-14(2)15(11-13)12-18(10-9-17)16-5-3-4-6-16/h7-8,11,16H,3-6,9-10,12H2,1-2H3. The highest BCUT2D eigenvalue weighted by molar-refractivity contribution is 6.18. The van der Waals surface area contributed by atoms with Crippen LogP contribution in [0, 0.1) is 13.8 Å². The van der Waals surface area contributed by atoms with E-state index < -0.39 is 0 Å². The highest BCUT2D eigenvalue weighted by Crippen LogP contribution is 2.25. The number of aryl methyl sites for hydroxylation is 2. The van der Waals surface area contributed by atoms with Crippen molar-refractivity contribution < 1.29 is 0 Å². The molecule has 0 N–H and O–H groups in total. The van der Waals surface area contributed by atoms with Gasteiger partial charge in [0.2, 0.25) is 0 Å². The lowest BCUT2D eigenvalue weighted by Gasteiger charge is -2.28. The van der Waals surface area contributed by atoms with Crippen LogP contribution in [-0.2, 0) is 6.54 Å². The molecule has 18 heavy (non-hydrogen) atoms. The average molecular weight is 266 g/mol. The summed E-state index contributed by atoms with van der Waals surface area (Å²) in [4.78, 5) is 2.59. The summed E-state index contributed by atoms with van der Waals surface area (Å²) in [6, 6.07) is 7.51. The van der Waals surface area contributed by atoms with Crippen LogP contribution in [0.3, 0.4) is 0 Å². The summed E-state index contributed by atoms with van der Waals surface area (Å²) in [5.41, 5.74) is 4.22. The summed E-state index contributed by atoms with van der Waals surface area (Å²) < 4.78 is 0. The van der Waals surface area contributed by atoms with Crippen LogP contribution in [0.25, 0.3) is 0 Å². The number of alkyl halides is 1. The van der Waals surface area contributed by atoms with Crippen molar-refractivity contribution in [1.29, 1.82) is 0 Å². The molecule has 100 valence electrons. The van der Waals surface area contributed by atoms with Crippen LogP contribution in [0.5, 0.6) is 0 Å². The molecule has 0 spiro atoms. The average Bonchev–Trinajstić information content (AvgIpc) is 2.87.